The molecule has 0 atom stereocenters. The van der Waals surface area contributed by atoms with Gasteiger partial charge < -0.3 is 10.2 Å². The van der Waals surface area contributed by atoms with Crippen molar-refractivity contribution < 1.29 is 4.79 Å². The maximum atomic E-state index is 12.9. The first-order valence-electron chi connectivity index (χ1n) is 10.1. The minimum absolute atomic E-state index is 0.0405. The predicted molar refractivity (Wildman–Crippen MR) is 112 cm³/mol. The summed E-state index contributed by atoms with van der Waals surface area (Å²) in [5, 5.41) is 9.43. The molecule has 28 heavy (non-hydrogen) atoms. The minimum Gasteiger partial charge on any atom is -0.353 e. The lowest BCUT2D eigenvalue weighted by Gasteiger charge is -2.19. The summed E-state index contributed by atoms with van der Waals surface area (Å²) in [5.74, 6) is 0.629. The molecule has 3 aromatic rings. The summed E-state index contributed by atoms with van der Waals surface area (Å²) in [6.45, 7) is 5.66. The van der Waals surface area contributed by atoms with Crippen LogP contribution in [0.15, 0.2) is 22.3 Å². The van der Waals surface area contributed by atoms with E-state index in [2.05, 4.69) is 15.3 Å². The van der Waals surface area contributed by atoms with Gasteiger partial charge in [0.2, 0.25) is 5.91 Å². The van der Waals surface area contributed by atoms with E-state index in [0.717, 1.165) is 35.7 Å². The number of rotatable bonds is 6. The van der Waals surface area contributed by atoms with Gasteiger partial charge in [-0.25, -0.2) is 4.68 Å². The zero-order valence-electron chi connectivity index (χ0n) is 16.3. The smallest absolute Gasteiger partial charge is 0.291 e. The number of thiophene rings is 1. The molecular weight excluding hydrogens is 374 g/mol. The molecule has 1 amide bonds. The zero-order chi connectivity index (χ0) is 19.5. The van der Waals surface area contributed by atoms with Crippen LogP contribution in [0.5, 0.6) is 0 Å². The van der Waals surface area contributed by atoms with Gasteiger partial charge in [0.25, 0.3) is 5.56 Å². The number of nitrogens with zero attached hydrogens (tertiary/aromatic N) is 4. The molecule has 0 aromatic carbocycles. The van der Waals surface area contributed by atoms with Gasteiger partial charge in [0, 0.05) is 19.5 Å². The van der Waals surface area contributed by atoms with Crippen molar-refractivity contribution in [1.29, 1.82) is 0 Å². The number of carbonyl (C=O) groups is 1. The number of fused-ring (bicyclic) bond motifs is 3. The molecule has 0 aliphatic carbocycles. The monoisotopic (exact) mass is 401 g/mol. The fourth-order valence-electron chi connectivity index (χ4n) is 3.96. The summed E-state index contributed by atoms with van der Waals surface area (Å²) in [4.78, 5) is 27.7. The summed E-state index contributed by atoms with van der Waals surface area (Å²) < 4.78 is 4.29. The molecule has 1 aliphatic heterocycles. The zero-order valence-corrected chi connectivity index (χ0v) is 17.1. The third kappa shape index (κ3) is 3.84. The lowest BCUT2D eigenvalue weighted by atomic mass is 10.2. The Morgan fingerprint density at radius 3 is 2.75 bits per heavy atom. The SMILES string of the molecule is CCc1nn(CC(=O)NCCN2CCCCCC2)c(=O)c2cc3sccc3n12. The highest BCUT2D eigenvalue weighted by Gasteiger charge is 2.16. The van der Waals surface area contributed by atoms with Crippen LogP contribution in [0.25, 0.3) is 15.7 Å². The van der Waals surface area contributed by atoms with Crippen molar-refractivity contribution in [2.45, 2.75) is 45.6 Å². The van der Waals surface area contributed by atoms with E-state index in [0.29, 0.717) is 18.5 Å². The number of hydrogen-bond donors (Lipinski definition) is 1. The standard InChI is InChI=1S/C20H27N5O2S/c1-2-18-22-24(20(27)16-13-17-15(25(16)18)7-12-28-17)14-19(26)21-8-11-23-9-5-3-4-6-10-23/h7,12-13H,2-6,8-11,14H2,1H3,(H,21,26). The molecule has 0 unspecified atom stereocenters. The van der Waals surface area contributed by atoms with Gasteiger partial charge in [-0.2, -0.15) is 5.10 Å². The van der Waals surface area contributed by atoms with Crippen molar-refractivity contribution in [2.24, 2.45) is 0 Å². The molecule has 8 heteroatoms. The minimum atomic E-state index is -0.219. The van der Waals surface area contributed by atoms with Crippen LogP contribution in [0.1, 0.15) is 38.4 Å². The molecule has 0 radical (unpaired) electrons. The lowest BCUT2D eigenvalue weighted by Crippen LogP contribution is -2.39. The fourth-order valence-corrected chi connectivity index (χ4v) is 4.77. The van der Waals surface area contributed by atoms with Gasteiger partial charge in [0.15, 0.2) is 0 Å². The van der Waals surface area contributed by atoms with Gasteiger partial charge in [-0.1, -0.05) is 19.8 Å². The summed E-state index contributed by atoms with van der Waals surface area (Å²) >= 11 is 1.61. The Hall–Kier alpha value is -2.19. The number of aryl methyl sites for hydroxylation is 1. The van der Waals surface area contributed by atoms with Crippen LogP contribution in [0.3, 0.4) is 0 Å². The van der Waals surface area contributed by atoms with E-state index >= 15 is 0 Å². The molecule has 1 fully saturated rings. The quantitative estimate of drug-likeness (QED) is 0.688. The Bertz CT molecular complexity index is 1030. The molecule has 0 saturated carbocycles. The van der Waals surface area contributed by atoms with E-state index in [1.807, 2.05) is 28.8 Å². The molecule has 0 spiro atoms. The number of hydrogen-bond acceptors (Lipinski definition) is 5. The van der Waals surface area contributed by atoms with Gasteiger partial charge >= 0.3 is 0 Å². The molecule has 7 nitrogen and oxygen atoms in total. The summed E-state index contributed by atoms with van der Waals surface area (Å²) in [6.07, 6.45) is 5.77. The third-order valence-electron chi connectivity index (χ3n) is 5.43. The maximum absolute atomic E-state index is 12.9. The van der Waals surface area contributed by atoms with E-state index in [4.69, 9.17) is 0 Å². The van der Waals surface area contributed by atoms with Gasteiger partial charge in [-0.15, -0.1) is 11.3 Å². The van der Waals surface area contributed by atoms with Crippen molar-refractivity contribution in [3.63, 3.8) is 0 Å². The van der Waals surface area contributed by atoms with Crippen molar-refractivity contribution >= 4 is 33.0 Å². The topological polar surface area (TPSA) is 71.6 Å². The molecule has 1 aliphatic rings. The van der Waals surface area contributed by atoms with Crippen LogP contribution in [0.2, 0.25) is 0 Å². The lowest BCUT2D eigenvalue weighted by molar-refractivity contribution is -0.121. The molecule has 0 bridgehead atoms. The van der Waals surface area contributed by atoms with E-state index in [1.54, 1.807) is 11.3 Å². The molecule has 3 aromatic heterocycles. The molecule has 1 saturated heterocycles. The van der Waals surface area contributed by atoms with E-state index in [1.165, 1.54) is 30.4 Å². The second-order valence-corrected chi connectivity index (χ2v) is 8.32. The van der Waals surface area contributed by atoms with E-state index < -0.39 is 0 Å². The van der Waals surface area contributed by atoms with Gasteiger partial charge in [0.05, 0.1) is 10.2 Å². The highest BCUT2D eigenvalue weighted by atomic mass is 32.1. The Kier molecular flexibility index (Phi) is 5.77. The van der Waals surface area contributed by atoms with Crippen molar-refractivity contribution in [3.8, 4) is 0 Å². The van der Waals surface area contributed by atoms with E-state index in [9.17, 15) is 9.59 Å². The van der Waals surface area contributed by atoms with Gasteiger partial charge in [-0.3, -0.25) is 14.0 Å². The second-order valence-electron chi connectivity index (χ2n) is 7.37. The normalized spacial score (nSPS) is 15.9. The highest BCUT2D eigenvalue weighted by molar-refractivity contribution is 7.17. The number of carbonyl (C=O) groups excluding carboxylic acids is 1. The predicted octanol–water partition coefficient (Wildman–Crippen LogP) is 2.27. The summed E-state index contributed by atoms with van der Waals surface area (Å²) in [6, 6.07) is 3.91. The van der Waals surface area contributed by atoms with Crippen LogP contribution < -0.4 is 10.9 Å². The third-order valence-corrected chi connectivity index (χ3v) is 6.28. The van der Waals surface area contributed by atoms with Gasteiger partial charge in [0.1, 0.15) is 17.9 Å². The number of nitrogens with one attached hydrogen (secondary N) is 1. The van der Waals surface area contributed by atoms with Crippen LogP contribution in [-0.4, -0.2) is 51.2 Å². The molecule has 1 N–H and O–H groups in total. The average molecular weight is 402 g/mol. The van der Waals surface area contributed by atoms with Crippen LogP contribution in [0.4, 0.5) is 0 Å². The fraction of sp³-hybridized carbons (Fsp3) is 0.550. The Morgan fingerprint density at radius 2 is 2.00 bits per heavy atom. The van der Waals surface area contributed by atoms with Gasteiger partial charge in [-0.05, 0) is 43.4 Å². The highest BCUT2D eigenvalue weighted by Crippen LogP contribution is 2.24. The van der Waals surface area contributed by atoms with Crippen molar-refractivity contribution in [3.05, 3.63) is 33.7 Å². The Balaban J connectivity index is 1.45. The van der Waals surface area contributed by atoms with Crippen LogP contribution >= 0.6 is 11.3 Å². The first-order chi connectivity index (χ1) is 13.7. The number of likely N-dealkylation sites (tertiary alicyclic amines) is 1. The number of aromatic nitrogens is 3. The Morgan fingerprint density at radius 1 is 1.21 bits per heavy atom. The summed E-state index contributed by atoms with van der Waals surface area (Å²) in [7, 11) is 0. The molecule has 4 heterocycles. The maximum Gasteiger partial charge on any atom is 0.291 e. The van der Waals surface area contributed by atoms with Crippen molar-refractivity contribution in [2.75, 3.05) is 26.2 Å². The molecule has 4 rings (SSSR count). The first kappa shape index (κ1) is 19.1. The Labute approximate surface area is 167 Å². The van der Waals surface area contributed by atoms with Crippen LogP contribution in [-0.2, 0) is 17.8 Å². The molecular formula is C20H27N5O2S. The average Bonchev–Trinajstić information content (AvgIpc) is 3.18. The largest absolute Gasteiger partial charge is 0.353 e. The molecule has 150 valence electrons. The van der Waals surface area contributed by atoms with E-state index in [-0.39, 0.29) is 18.0 Å². The first-order valence-corrected chi connectivity index (χ1v) is 11.0. The van der Waals surface area contributed by atoms with Crippen molar-refractivity contribution in [1.82, 2.24) is 24.4 Å². The summed E-state index contributed by atoms with van der Waals surface area (Å²) in [5.41, 5.74) is 1.38. The van der Waals surface area contributed by atoms with Crippen LogP contribution in [0, 0.1) is 0 Å². The number of amides is 1. The second kappa shape index (κ2) is 8.45.